The van der Waals surface area contributed by atoms with Gasteiger partial charge in [0.25, 0.3) is 0 Å². The Morgan fingerprint density at radius 3 is 2.56 bits per heavy atom. The standard InChI is InChI=1S/C12H15F3N2O/c13-12(14,15)10-5-2-6-11(16-10)17(7-8-18)9-3-1-4-9/h2,5-6,9,18H,1,3-4,7-8H2. The van der Waals surface area contributed by atoms with Crippen molar-refractivity contribution in [1.82, 2.24) is 4.98 Å². The molecule has 0 aromatic carbocycles. The molecule has 0 radical (unpaired) electrons. The summed E-state index contributed by atoms with van der Waals surface area (Å²) < 4.78 is 37.8. The first-order valence-electron chi connectivity index (χ1n) is 5.94. The minimum atomic E-state index is -4.43. The molecule has 6 heteroatoms. The van der Waals surface area contributed by atoms with Gasteiger partial charge < -0.3 is 10.0 Å². The Bertz CT molecular complexity index is 405. The fraction of sp³-hybridized carbons (Fsp3) is 0.583. The zero-order valence-electron chi connectivity index (χ0n) is 9.82. The second kappa shape index (κ2) is 5.14. The molecule has 100 valence electrons. The summed E-state index contributed by atoms with van der Waals surface area (Å²) in [6.07, 6.45) is -1.47. The number of aromatic nitrogens is 1. The van der Waals surface area contributed by atoms with E-state index in [1.807, 2.05) is 0 Å². The average Bonchev–Trinajstić information content (AvgIpc) is 2.25. The minimum absolute atomic E-state index is 0.0889. The van der Waals surface area contributed by atoms with Crippen molar-refractivity contribution in [1.29, 1.82) is 0 Å². The zero-order valence-corrected chi connectivity index (χ0v) is 9.82. The Morgan fingerprint density at radius 1 is 1.33 bits per heavy atom. The predicted octanol–water partition coefficient (Wildman–Crippen LogP) is 2.45. The van der Waals surface area contributed by atoms with E-state index in [-0.39, 0.29) is 12.6 Å². The van der Waals surface area contributed by atoms with Crippen LogP contribution in [0.5, 0.6) is 0 Å². The first-order valence-corrected chi connectivity index (χ1v) is 5.94. The number of pyridine rings is 1. The molecule has 1 aromatic rings. The van der Waals surface area contributed by atoms with Crippen LogP contribution in [0.3, 0.4) is 0 Å². The SMILES string of the molecule is OCCN(c1cccc(C(F)(F)F)n1)C1CCC1. The molecule has 3 nitrogen and oxygen atoms in total. The third kappa shape index (κ3) is 2.75. The fourth-order valence-corrected chi connectivity index (χ4v) is 2.03. The lowest BCUT2D eigenvalue weighted by atomic mass is 9.91. The molecule has 2 rings (SSSR count). The Morgan fingerprint density at radius 2 is 2.06 bits per heavy atom. The predicted molar refractivity (Wildman–Crippen MR) is 61.3 cm³/mol. The van der Waals surface area contributed by atoms with Crippen molar-refractivity contribution < 1.29 is 18.3 Å². The molecule has 0 atom stereocenters. The van der Waals surface area contributed by atoms with Crippen molar-refractivity contribution in [3.63, 3.8) is 0 Å². The van der Waals surface area contributed by atoms with Gasteiger partial charge in [0, 0.05) is 12.6 Å². The third-order valence-corrected chi connectivity index (χ3v) is 3.18. The van der Waals surface area contributed by atoms with Crippen LogP contribution in [0, 0.1) is 0 Å². The number of alkyl halides is 3. The number of halogens is 3. The maximum atomic E-state index is 12.6. The number of hydrogen-bond acceptors (Lipinski definition) is 3. The van der Waals surface area contributed by atoms with Gasteiger partial charge in [0.1, 0.15) is 11.5 Å². The molecular weight excluding hydrogens is 245 g/mol. The van der Waals surface area contributed by atoms with Gasteiger partial charge in [-0.1, -0.05) is 6.07 Å². The van der Waals surface area contributed by atoms with Crippen LogP contribution in [0.4, 0.5) is 19.0 Å². The zero-order chi connectivity index (χ0) is 13.2. The van der Waals surface area contributed by atoms with E-state index in [9.17, 15) is 13.2 Å². The molecule has 0 aliphatic heterocycles. The minimum Gasteiger partial charge on any atom is -0.395 e. The molecule has 0 unspecified atom stereocenters. The Hall–Kier alpha value is -1.30. The van der Waals surface area contributed by atoms with Gasteiger partial charge >= 0.3 is 6.18 Å². The van der Waals surface area contributed by atoms with Crippen LogP contribution >= 0.6 is 0 Å². The van der Waals surface area contributed by atoms with Gasteiger partial charge in [-0.25, -0.2) is 4.98 Å². The molecule has 1 heterocycles. The lowest BCUT2D eigenvalue weighted by Gasteiger charge is -2.38. The molecule has 0 amide bonds. The number of nitrogens with zero attached hydrogens (tertiary/aromatic N) is 2. The first-order chi connectivity index (χ1) is 8.52. The Labute approximate surface area is 103 Å². The highest BCUT2D eigenvalue weighted by Gasteiger charge is 2.33. The monoisotopic (exact) mass is 260 g/mol. The van der Waals surface area contributed by atoms with E-state index in [0.29, 0.717) is 12.4 Å². The van der Waals surface area contributed by atoms with Crippen LogP contribution in [0.2, 0.25) is 0 Å². The summed E-state index contributed by atoms with van der Waals surface area (Å²) in [7, 11) is 0. The highest BCUT2D eigenvalue weighted by atomic mass is 19.4. The summed E-state index contributed by atoms with van der Waals surface area (Å²) in [4.78, 5) is 5.42. The molecule has 1 aromatic heterocycles. The molecule has 1 aliphatic carbocycles. The molecule has 18 heavy (non-hydrogen) atoms. The summed E-state index contributed by atoms with van der Waals surface area (Å²) in [6, 6.07) is 4.08. The quantitative estimate of drug-likeness (QED) is 0.903. The maximum absolute atomic E-state index is 12.6. The van der Waals surface area contributed by atoms with E-state index < -0.39 is 11.9 Å². The smallest absolute Gasteiger partial charge is 0.395 e. The van der Waals surface area contributed by atoms with Gasteiger partial charge in [0.2, 0.25) is 0 Å². The normalized spacial score (nSPS) is 16.4. The fourth-order valence-electron chi connectivity index (χ4n) is 2.03. The van der Waals surface area contributed by atoms with Crippen LogP contribution in [0.1, 0.15) is 25.0 Å². The first kappa shape index (κ1) is 13.1. The third-order valence-electron chi connectivity index (χ3n) is 3.18. The summed E-state index contributed by atoms with van der Waals surface area (Å²) in [5, 5.41) is 9.00. The van der Waals surface area contributed by atoms with E-state index in [1.54, 1.807) is 11.0 Å². The Kier molecular flexibility index (Phi) is 3.75. The average molecular weight is 260 g/mol. The van der Waals surface area contributed by atoms with Gasteiger partial charge in [-0.3, -0.25) is 0 Å². The van der Waals surface area contributed by atoms with Crippen molar-refractivity contribution in [3.05, 3.63) is 23.9 Å². The summed E-state index contributed by atoms with van der Waals surface area (Å²) in [6.45, 7) is 0.230. The van der Waals surface area contributed by atoms with E-state index >= 15 is 0 Å². The summed E-state index contributed by atoms with van der Waals surface area (Å²) in [5.74, 6) is 0.295. The van der Waals surface area contributed by atoms with E-state index in [0.717, 1.165) is 25.3 Å². The molecule has 0 saturated heterocycles. The Balaban J connectivity index is 2.24. The highest BCUT2D eigenvalue weighted by Crippen LogP contribution is 2.32. The van der Waals surface area contributed by atoms with Crippen LogP contribution in [0.15, 0.2) is 18.2 Å². The van der Waals surface area contributed by atoms with Crippen LogP contribution in [0.25, 0.3) is 0 Å². The van der Waals surface area contributed by atoms with E-state index in [1.165, 1.54) is 6.07 Å². The molecule has 1 fully saturated rings. The number of aliphatic hydroxyl groups is 1. The number of hydrogen-bond donors (Lipinski definition) is 1. The molecular formula is C12H15F3N2O. The van der Waals surface area contributed by atoms with Crippen molar-refractivity contribution in [2.75, 3.05) is 18.1 Å². The van der Waals surface area contributed by atoms with E-state index in [2.05, 4.69) is 4.98 Å². The van der Waals surface area contributed by atoms with Gasteiger partial charge in [-0.05, 0) is 31.4 Å². The van der Waals surface area contributed by atoms with Crippen molar-refractivity contribution >= 4 is 5.82 Å². The summed E-state index contributed by atoms with van der Waals surface area (Å²) in [5.41, 5.74) is -0.887. The lowest BCUT2D eigenvalue weighted by Crippen LogP contribution is -2.42. The number of aliphatic hydroxyl groups excluding tert-OH is 1. The lowest BCUT2D eigenvalue weighted by molar-refractivity contribution is -0.141. The van der Waals surface area contributed by atoms with Crippen LogP contribution in [-0.2, 0) is 6.18 Å². The van der Waals surface area contributed by atoms with Gasteiger partial charge in [-0.2, -0.15) is 13.2 Å². The second-order valence-corrected chi connectivity index (χ2v) is 4.38. The van der Waals surface area contributed by atoms with Crippen LogP contribution < -0.4 is 4.90 Å². The molecule has 0 bridgehead atoms. The van der Waals surface area contributed by atoms with Crippen molar-refractivity contribution in [2.45, 2.75) is 31.5 Å². The largest absolute Gasteiger partial charge is 0.433 e. The topological polar surface area (TPSA) is 36.4 Å². The number of rotatable bonds is 4. The van der Waals surface area contributed by atoms with Crippen LogP contribution in [-0.4, -0.2) is 29.3 Å². The van der Waals surface area contributed by atoms with Crippen molar-refractivity contribution in [2.24, 2.45) is 0 Å². The molecule has 0 spiro atoms. The number of anilines is 1. The van der Waals surface area contributed by atoms with Gasteiger partial charge in [0.05, 0.1) is 6.61 Å². The summed E-state index contributed by atoms with van der Waals surface area (Å²) >= 11 is 0. The highest BCUT2D eigenvalue weighted by molar-refractivity contribution is 5.41. The van der Waals surface area contributed by atoms with Gasteiger partial charge in [-0.15, -0.1) is 0 Å². The maximum Gasteiger partial charge on any atom is 0.433 e. The molecule has 1 aliphatic rings. The van der Waals surface area contributed by atoms with Crippen molar-refractivity contribution in [3.8, 4) is 0 Å². The van der Waals surface area contributed by atoms with Gasteiger partial charge in [0.15, 0.2) is 0 Å². The second-order valence-electron chi connectivity index (χ2n) is 4.38. The van der Waals surface area contributed by atoms with E-state index in [4.69, 9.17) is 5.11 Å². The molecule has 1 N–H and O–H groups in total. The molecule has 1 saturated carbocycles.